The first-order chi connectivity index (χ1) is 10.7. The second-order valence-corrected chi connectivity index (χ2v) is 6.65. The Kier molecular flexibility index (Phi) is 5.03. The van der Waals surface area contributed by atoms with Crippen molar-refractivity contribution in [3.8, 4) is 0 Å². The Morgan fingerprint density at radius 1 is 0.955 bits per heavy atom. The van der Waals surface area contributed by atoms with Gasteiger partial charge in [-0.25, -0.2) is 9.97 Å². The fourth-order valence-corrected chi connectivity index (χ4v) is 3.10. The van der Waals surface area contributed by atoms with Gasteiger partial charge >= 0.3 is 0 Å². The van der Waals surface area contributed by atoms with Gasteiger partial charge in [-0.15, -0.1) is 11.8 Å². The molecule has 1 heterocycles. The van der Waals surface area contributed by atoms with E-state index in [0.717, 1.165) is 34.0 Å². The van der Waals surface area contributed by atoms with E-state index in [1.165, 1.54) is 4.90 Å². The molecule has 0 radical (unpaired) electrons. The molecule has 1 N–H and O–H groups in total. The molecule has 0 saturated heterocycles. The van der Waals surface area contributed by atoms with E-state index in [-0.39, 0.29) is 0 Å². The molecule has 22 heavy (non-hydrogen) atoms. The summed E-state index contributed by atoms with van der Waals surface area (Å²) in [4.78, 5) is 9.73. The SMILES string of the molecule is Clc1ccc(SCCNc2ncnc3cc(Cl)ccc23)cc1. The highest BCUT2D eigenvalue weighted by Gasteiger charge is 2.03. The van der Waals surface area contributed by atoms with Gasteiger partial charge in [0.25, 0.3) is 0 Å². The van der Waals surface area contributed by atoms with E-state index >= 15 is 0 Å². The molecular weight excluding hydrogens is 337 g/mol. The Morgan fingerprint density at radius 3 is 2.55 bits per heavy atom. The van der Waals surface area contributed by atoms with Crippen LogP contribution in [0.4, 0.5) is 5.82 Å². The maximum atomic E-state index is 5.98. The minimum absolute atomic E-state index is 0.676. The second kappa shape index (κ2) is 7.18. The van der Waals surface area contributed by atoms with Crippen LogP contribution < -0.4 is 5.32 Å². The van der Waals surface area contributed by atoms with Gasteiger partial charge in [0.15, 0.2) is 0 Å². The molecule has 3 nitrogen and oxygen atoms in total. The molecule has 2 aromatic carbocycles. The molecule has 0 saturated carbocycles. The smallest absolute Gasteiger partial charge is 0.137 e. The maximum absolute atomic E-state index is 5.98. The van der Waals surface area contributed by atoms with Crippen molar-refractivity contribution in [2.75, 3.05) is 17.6 Å². The van der Waals surface area contributed by atoms with E-state index < -0.39 is 0 Å². The number of benzene rings is 2. The summed E-state index contributed by atoms with van der Waals surface area (Å²) in [7, 11) is 0. The van der Waals surface area contributed by atoms with Crippen LogP contribution >= 0.6 is 35.0 Å². The van der Waals surface area contributed by atoms with E-state index in [1.54, 1.807) is 18.1 Å². The van der Waals surface area contributed by atoms with Gasteiger partial charge in [0.1, 0.15) is 12.1 Å². The number of fused-ring (bicyclic) bond motifs is 1. The van der Waals surface area contributed by atoms with Crippen molar-refractivity contribution in [3.05, 3.63) is 58.8 Å². The normalized spacial score (nSPS) is 10.8. The lowest BCUT2D eigenvalue weighted by atomic mass is 10.2. The summed E-state index contributed by atoms with van der Waals surface area (Å²) < 4.78 is 0. The predicted octanol–water partition coefficient (Wildman–Crippen LogP) is 5.14. The van der Waals surface area contributed by atoms with Crippen molar-refractivity contribution in [1.82, 2.24) is 9.97 Å². The molecule has 0 spiro atoms. The molecular formula is C16H13Cl2N3S. The van der Waals surface area contributed by atoms with Crippen LogP contribution in [0.3, 0.4) is 0 Å². The first-order valence-electron chi connectivity index (χ1n) is 6.75. The topological polar surface area (TPSA) is 37.8 Å². The minimum atomic E-state index is 0.676. The first kappa shape index (κ1) is 15.4. The maximum Gasteiger partial charge on any atom is 0.137 e. The van der Waals surface area contributed by atoms with Crippen LogP contribution in [0.1, 0.15) is 0 Å². The summed E-state index contributed by atoms with van der Waals surface area (Å²) in [5.74, 6) is 1.76. The molecule has 0 aliphatic carbocycles. The lowest BCUT2D eigenvalue weighted by Gasteiger charge is -2.08. The van der Waals surface area contributed by atoms with Crippen LogP contribution in [0.5, 0.6) is 0 Å². The van der Waals surface area contributed by atoms with Crippen molar-refractivity contribution in [2.24, 2.45) is 0 Å². The van der Waals surface area contributed by atoms with Crippen LogP contribution in [0.15, 0.2) is 53.7 Å². The zero-order valence-corrected chi connectivity index (χ0v) is 13.9. The highest BCUT2D eigenvalue weighted by molar-refractivity contribution is 7.99. The van der Waals surface area contributed by atoms with Crippen LogP contribution in [-0.4, -0.2) is 22.3 Å². The van der Waals surface area contributed by atoms with Gasteiger partial charge in [-0.2, -0.15) is 0 Å². The lowest BCUT2D eigenvalue weighted by molar-refractivity contribution is 1.15. The summed E-state index contributed by atoms with van der Waals surface area (Å²) in [5, 5.41) is 5.76. The molecule has 0 aliphatic heterocycles. The Balaban J connectivity index is 1.61. The fraction of sp³-hybridized carbons (Fsp3) is 0.125. The van der Waals surface area contributed by atoms with Crippen LogP contribution in [-0.2, 0) is 0 Å². The molecule has 0 fully saturated rings. The lowest BCUT2D eigenvalue weighted by Crippen LogP contribution is -2.06. The summed E-state index contributed by atoms with van der Waals surface area (Å²) in [5.41, 5.74) is 0.843. The number of hydrogen-bond acceptors (Lipinski definition) is 4. The number of nitrogens with one attached hydrogen (secondary N) is 1. The quantitative estimate of drug-likeness (QED) is 0.511. The Hall–Kier alpha value is -1.49. The molecule has 6 heteroatoms. The molecule has 3 rings (SSSR count). The van der Waals surface area contributed by atoms with Gasteiger partial charge in [-0.3, -0.25) is 0 Å². The number of anilines is 1. The minimum Gasteiger partial charge on any atom is -0.369 e. The fourth-order valence-electron chi connectivity index (χ4n) is 2.04. The monoisotopic (exact) mass is 349 g/mol. The molecule has 0 amide bonds. The summed E-state index contributed by atoms with van der Waals surface area (Å²) in [6.45, 7) is 0.808. The third-order valence-corrected chi connectivity index (χ3v) is 4.58. The number of nitrogens with zero attached hydrogens (tertiary/aromatic N) is 2. The van der Waals surface area contributed by atoms with Gasteiger partial charge in [0, 0.05) is 32.6 Å². The highest BCUT2D eigenvalue weighted by Crippen LogP contribution is 2.23. The van der Waals surface area contributed by atoms with Crippen molar-refractivity contribution >= 4 is 51.7 Å². The molecule has 112 valence electrons. The number of halogens is 2. The number of aromatic nitrogens is 2. The second-order valence-electron chi connectivity index (χ2n) is 4.61. The third-order valence-electron chi connectivity index (χ3n) is 3.08. The van der Waals surface area contributed by atoms with E-state index in [4.69, 9.17) is 23.2 Å². The molecule has 0 bridgehead atoms. The van der Waals surface area contributed by atoms with E-state index in [1.807, 2.05) is 42.5 Å². The average Bonchev–Trinajstić information content (AvgIpc) is 2.53. The van der Waals surface area contributed by atoms with Crippen molar-refractivity contribution in [2.45, 2.75) is 4.90 Å². The molecule has 3 aromatic rings. The van der Waals surface area contributed by atoms with Crippen molar-refractivity contribution in [3.63, 3.8) is 0 Å². The average molecular weight is 350 g/mol. The molecule has 0 atom stereocenters. The Bertz CT molecular complexity index is 778. The zero-order chi connectivity index (χ0) is 15.4. The van der Waals surface area contributed by atoms with E-state index in [9.17, 15) is 0 Å². The van der Waals surface area contributed by atoms with Crippen LogP contribution in [0.25, 0.3) is 10.9 Å². The molecule has 0 aliphatic rings. The van der Waals surface area contributed by atoms with Gasteiger partial charge in [0.2, 0.25) is 0 Å². The third kappa shape index (κ3) is 3.83. The first-order valence-corrected chi connectivity index (χ1v) is 8.49. The number of hydrogen-bond donors (Lipinski definition) is 1. The van der Waals surface area contributed by atoms with Crippen LogP contribution in [0.2, 0.25) is 10.0 Å². The van der Waals surface area contributed by atoms with E-state index in [2.05, 4.69) is 15.3 Å². The largest absolute Gasteiger partial charge is 0.369 e. The van der Waals surface area contributed by atoms with Crippen molar-refractivity contribution < 1.29 is 0 Å². The predicted molar refractivity (Wildman–Crippen MR) is 95.2 cm³/mol. The van der Waals surface area contributed by atoms with Gasteiger partial charge < -0.3 is 5.32 Å². The number of rotatable bonds is 5. The van der Waals surface area contributed by atoms with Gasteiger partial charge in [-0.05, 0) is 42.5 Å². The Labute approximate surface area is 143 Å². The molecule has 1 aromatic heterocycles. The molecule has 0 unspecified atom stereocenters. The zero-order valence-electron chi connectivity index (χ0n) is 11.6. The van der Waals surface area contributed by atoms with Crippen LogP contribution in [0, 0.1) is 0 Å². The Morgan fingerprint density at radius 2 is 1.73 bits per heavy atom. The summed E-state index contributed by atoms with van der Waals surface area (Å²) in [6, 6.07) is 13.5. The van der Waals surface area contributed by atoms with E-state index in [0.29, 0.717) is 5.02 Å². The van der Waals surface area contributed by atoms with Gasteiger partial charge in [-0.1, -0.05) is 23.2 Å². The summed E-state index contributed by atoms with van der Waals surface area (Å²) in [6.07, 6.45) is 1.55. The van der Waals surface area contributed by atoms with Crippen molar-refractivity contribution in [1.29, 1.82) is 0 Å². The highest BCUT2D eigenvalue weighted by atomic mass is 35.5. The standard InChI is InChI=1S/C16H13Cl2N3S/c17-11-1-4-13(5-2-11)22-8-7-19-16-14-6-3-12(18)9-15(14)20-10-21-16/h1-6,9-10H,7-8H2,(H,19,20,21). The number of thioether (sulfide) groups is 1. The van der Waals surface area contributed by atoms with Gasteiger partial charge in [0.05, 0.1) is 5.52 Å². The summed E-state index contributed by atoms with van der Waals surface area (Å²) >= 11 is 13.6.